The predicted octanol–water partition coefficient (Wildman–Crippen LogP) is 1.58. The minimum atomic E-state index is -1.14. The highest BCUT2D eigenvalue weighted by atomic mass is 16.4. The second-order valence-corrected chi connectivity index (χ2v) is 4.87. The van der Waals surface area contributed by atoms with Crippen LogP contribution in [0.2, 0.25) is 0 Å². The second-order valence-electron chi connectivity index (χ2n) is 4.87. The number of anilines is 1. The molecular weight excluding hydrogens is 272 g/mol. The summed E-state index contributed by atoms with van der Waals surface area (Å²) in [5.41, 5.74) is 0.147. The summed E-state index contributed by atoms with van der Waals surface area (Å²) in [6.07, 6.45) is 1.42. The Balaban J connectivity index is 2.88. The van der Waals surface area contributed by atoms with Crippen LogP contribution in [-0.4, -0.2) is 51.5 Å². The highest BCUT2D eigenvalue weighted by Crippen LogP contribution is 2.16. The molecule has 21 heavy (non-hydrogen) atoms. The van der Waals surface area contributed by atoms with Gasteiger partial charge in [0.25, 0.3) is 0 Å². The van der Waals surface area contributed by atoms with Crippen LogP contribution in [0.4, 0.5) is 5.69 Å². The number of carbonyl (C=O) groups excluding carboxylic acids is 1. The van der Waals surface area contributed by atoms with Gasteiger partial charge >= 0.3 is 5.97 Å². The summed E-state index contributed by atoms with van der Waals surface area (Å²) >= 11 is 0. The largest absolute Gasteiger partial charge is 0.476 e. The zero-order valence-corrected chi connectivity index (χ0v) is 12.9. The Labute approximate surface area is 124 Å². The number of rotatable bonds is 7. The first-order valence-corrected chi connectivity index (χ1v) is 7.02. The lowest BCUT2D eigenvalue weighted by molar-refractivity contribution is -0.128. The maximum Gasteiger partial charge on any atom is 0.356 e. The van der Waals surface area contributed by atoms with Gasteiger partial charge in [-0.05, 0) is 13.8 Å². The third kappa shape index (κ3) is 4.40. The number of hydrogen-bond acceptors (Lipinski definition) is 5. The van der Waals surface area contributed by atoms with Crippen molar-refractivity contribution in [1.29, 1.82) is 0 Å². The van der Waals surface area contributed by atoms with Crippen LogP contribution >= 0.6 is 0 Å². The van der Waals surface area contributed by atoms with Gasteiger partial charge in [-0.25, -0.2) is 14.8 Å². The van der Waals surface area contributed by atoms with Crippen LogP contribution in [0, 0.1) is 0 Å². The monoisotopic (exact) mass is 294 g/mol. The van der Waals surface area contributed by atoms with E-state index >= 15 is 0 Å². The lowest BCUT2D eigenvalue weighted by Crippen LogP contribution is -2.35. The van der Waals surface area contributed by atoms with Gasteiger partial charge in [-0.2, -0.15) is 0 Å². The molecule has 0 unspecified atom stereocenters. The molecule has 0 spiro atoms. The molecule has 0 aliphatic rings. The van der Waals surface area contributed by atoms with Crippen LogP contribution < -0.4 is 5.32 Å². The molecule has 0 radical (unpaired) electrons. The normalized spacial score (nSPS) is 10.5. The average Bonchev–Trinajstić information content (AvgIpc) is 2.45. The molecule has 0 saturated heterocycles. The molecule has 116 valence electrons. The van der Waals surface area contributed by atoms with Crippen LogP contribution in [0.15, 0.2) is 6.20 Å². The fraction of sp³-hybridized carbons (Fsp3) is 0.571. The van der Waals surface area contributed by atoms with Crippen molar-refractivity contribution in [2.45, 2.75) is 33.6 Å². The van der Waals surface area contributed by atoms with Gasteiger partial charge in [0, 0.05) is 19.0 Å². The maximum atomic E-state index is 11.9. The van der Waals surface area contributed by atoms with Crippen molar-refractivity contribution in [1.82, 2.24) is 14.9 Å². The molecule has 1 rings (SSSR count). The number of carbonyl (C=O) groups is 2. The highest BCUT2D eigenvalue weighted by molar-refractivity contribution is 5.92. The Morgan fingerprint density at radius 3 is 2.43 bits per heavy atom. The van der Waals surface area contributed by atoms with Crippen LogP contribution in [0.3, 0.4) is 0 Å². The van der Waals surface area contributed by atoms with Gasteiger partial charge in [0.2, 0.25) is 5.91 Å². The van der Waals surface area contributed by atoms with Crippen molar-refractivity contribution in [2.24, 2.45) is 0 Å². The Kier molecular flexibility index (Phi) is 6.08. The van der Waals surface area contributed by atoms with Gasteiger partial charge in [0.15, 0.2) is 5.69 Å². The van der Waals surface area contributed by atoms with E-state index in [4.69, 9.17) is 0 Å². The topological polar surface area (TPSA) is 95.4 Å². The molecule has 0 bridgehead atoms. The number of aromatic nitrogens is 2. The Morgan fingerprint density at radius 2 is 1.95 bits per heavy atom. The summed E-state index contributed by atoms with van der Waals surface area (Å²) in [6, 6.07) is 0. The molecular formula is C14H22N4O3. The molecule has 0 fully saturated rings. The van der Waals surface area contributed by atoms with Crippen LogP contribution in [-0.2, 0) is 4.79 Å². The standard InChI is InChI=1S/C14H22N4O3/c1-5-18(6-2)11(19)8-15-10-7-16-13(9(3)4)17-12(10)14(20)21/h7,9,15H,5-6,8H2,1-4H3,(H,20,21). The van der Waals surface area contributed by atoms with Crippen LogP contribution in [0.1, 0.15) is 49.9 Å². The first-order chi connectivity index (χ1) is 9.90. The molecule has 1 amide bonds. The van der Waals surface area contributed by atoms with Crippen LogP contribution in [0.25, 0.3) is 0 Å². The molecule has 0 saturated carbocycles. The summed E-state index contributed by atoms with van der Waals surface area (Å²) < 4.78 is 0. The Morgan fingerprint density at radius 1 is 1.33 bits per heavy atom. The molecule has 2 N–H and O–H groups in total. The zero-order valence-electron chi connectivity index (χ0n) is 12.9. The lowest BCUT2D eigenvalue weighted by Gasteiger charge is -2.19. The molecule has 1 aromatic rings. The van der Waals surface area contributed by atoms with Crippen LogP contribution in [0.5, 0.6) is 0 Å². The van der Waals surface area contributed by atoms with Gasteiger partial charge in [0.05, 0.1) is 18.4 Å². The highest BCUT2D eigenvalue weighted by Gasteiger charge is 2.17. The van der Waals surface area contributed by atoms with Crippen molar-refractivity contribution in [3.05, 3.63) is 17.7 Å². The Bertz CT molecular complexity index is 513. The van der Waals surface area contributed by atoms with Gasteiger partial charge in [0.1, 0.15) is 5.82 Å². The number of carboxylic acids is 1. The third-order valence-electron chi connectivity index (χ3n) is 3.07. The number of carboxylic acid groups (broad SMARTS) is 1. The number of amides is 1. The summed E-state index contributed by atoms with van der Waals surface area (Å²) in [5, 5.41) is 12.0. The molecule has 0 aliphatic carbocycles. The smallest absolute Gasteiger partial charge is 0.356 e. The van der Waals surface area contributed by atoms with E-state index in [1.165, 1.54) is 6.20 Å². The van der Waals surface area contributed by atoms with Crippen molar-refractivity contribution in [3.63, 3.8) is 0 Å². The van der Waals surface area contributed by atoms with E-state index in [9.17, 15) is 14.7 Å². The summed E-state index contributed by atoms with van der Waals surface area (Å²) in [4.78, 5) is 33.0. The maximum absolute atomic E-state index is 11.9. The van der Waals surface area contributed by atoms with Crippen molar-refractivity contribution in [2.75, 3.05) is 25.0 Å². The number of hydrogen-bond donors (Lipinski definition) is 2. The quantitative estimate of drug-likeness (QED) is 0.792. The average molecular weight is 294 g/mol. The predicted molar refractivity (Wildman–Crippen MR) is 79.5 cm³/mol. The van der Waals surface area contributed by atoms with Gasteiger partial charge in [-0.1, -0.05) is 13.8 Å². The first kappa shape index (κ1) is 16.9. The van der Waals surface area contributed by atoms with Gasteiger partial charge in [-0.15, -0.1) is 0 Å². The number of nitrogens with one attached hydrogen (secondary N) is 1. The minimum Gasteiger partial charge on any atom is -0.476 e. The van der Waals surface area contributed by atoms with E-state index < -0.39 is 5.97 Å². The van der Waals surface area contributed by atoms with E-state index in [1.807, 2.05) is 27.7 Å². The number of aromatic carboxylic acids is 1. The SMILES string of the molecule is CCN(CC)C(=O)CNc1cnc(C(C)C)nc1C(=O)O. The third-order valence-corrected chi connectivity index (χ3v) is 3.07. The van der Waals surface area contributed by atoms with E-state index in [0.717, 1.165) is 0 Å². The molecule has 1 aromatic heterocycles. The molecule has 0 atom stereocenters. The minimum absolute atomic E-state index is 0.0202. The van der Waals surface area contributed by atoms with Gasteiger partial charge < -0.3 is 15.3 Å². The fourth-order valence-electron chi connectivity index (χ4n) is 1.82. The number of likely N-dealkylation sites (N-methyl/N-ethyl adjacent to an activating group) is 1. The van der Waals surface area contributed by atoms with E-state index in [1.54, 1.807) is 4.90 Å². The second kappa shape index (κ2) is 7.56. The van der Waals surface area contributed by atoms with Crippen molar-refractivity contribution < 1.29 is 14.7 Å². The zero-order chi connectivity index (χ0) is 16.0. The fourth-order valence-corrected chi connectivity index (χ4v) is 1.82. The van der Waals surface area contributed by atoms with E-state index in [2.05, 4.69) is 15.3 Å². The van der Waals surface area contributed by atoms with E-state index in [-0.39, 0.29) is 29.8 Å². The first-order valence-electron chi connectivity index (χ1n) is 7.02. The van der Waals surface area contributed by atoms with Gasteiger partial charge in [-0.3, -0.25) is 4.79 Å². The number of nitrogens with zero attached hydrogens (tertiary/aromatic N) is 3. The summed E-state index contributed by atoms with van der Waals surface area (Å²) in [6.45, 7) is 8.81. The summed E-state index contributed by atoms with van der Waals surface area (Å²) in [5.74, 6) is -0.733. The van der Waals surface area contributed by atoms with Crippen molar-refractivity contribution >= 4 is 17.6 Å². The molecule has 1 heterocycles. The molecule has 7 nitrogen and oxygen atoms in total. The molecule has 0 aliphatic heterocycles. The Hall–Kier alpha value is -2.18. The van der Waals surface area contributed by atoms with Crippen molar-refractivity contribution in [3.8, 4) is 0 Å². The van der Waals surface area contributed by atoms with E-state index in [0.29, 0.717) is 18.9 Å². The molecule has 0 aromatic carbocycles. The summed E-state index contributed by atoms with van der Waals surface area (Å²) in [7, 11) is 0. The lowest BCUT2D eigenvalue weighted by atomic mass is 10.2. The molecule has 7 heteroatoms.